The highest BCUT2D eigenvalue weighted by Gasteiger charge is 2.26. The van der Waals surface area contributed by atoms with Crippen LogP contribution in [0.5, 0.6) is 0 Å². The summed E-state index contributed by atoms with van der Waals surface area (Å²) in [6, 6.07) is 7.97. The second kappa shape index (κ2) is 7.06. The molecule has 4 rings (SSSR count). The first-order valence-electron chi connectivity index (χ1n) is 8.63. The molecule has 2 saturated heterocycles. The summed E-state index contributed by atoms with van der Waals surface area (Å²) in [6.07, 6.45) is 1.82. The van der Waals surface area contributed by atoms with Crippen LogP contribution in [0.25, 0.3) is 10.9 Å². The topological polar surface area (TPSA) is 48.9 Å². The molecule has 6 nitrogen and oxygen atoms in total. The van der Waals surface area contributed by atoms with Crippen molar-refractivity contribution in [2.24, 2.45) is 0 Å². The minimum absolute atomic E-state index is 0.134. The van der Waals surface area contributed by atoms with Gasteiger partial charge in [0.2, 0.25) is 0 Å². The number of nitrogens with zero attached hydrogens (tertiary/aromatic N) is 4. The van der Waals surface area contributed by atoms with Crippen LogP contribution < -0.4 is 4.90 Å². The van der Waals surface area contributed by atoms with Crippen molar-refractivity contribution in [2.75, 3.05) is 57.4 Å². The Morgan fingerprint density at radius 1 is 1.00 bits per heavy atom. The van der Waals surface area contributed by atoms with E-state index in [0.717, 1.165) is 42.8 Å². The third-order valence-electron chi connectivity index (χ3n) is 4.85. The molecule has 2 aliphatic heterocycles. The van der Waals surface area contributed by atoms with Gasteiger partial charge in [-0.2, -0.15) is 0 Å². The van der Waals surface area contributed by atoms with Crippen LogP contribution in [-0.4, -0.2) is 73.3 Å². The zero-order chi connectivity index (χ0) is 17.2. The quantitative estimate of drug-likeness (QED) is 0.784. The molecular weight excluding hydrogens is 340 g/mol. The molecule has 0 N–H and O–H groups in total. The van der Waals surface area contributed by atoms with Crippen molar-refractivity contribution in [3.8, 4) is 0 Å². The summed E-state index contributed by atoms with van der Waals surface area (Å²) < 4.78 is 5.33. The van der Waals surface area contributed by atoms with Crippen molar-refractivity contribution in [1.29, 1.82) is 0 Å². The van der Waals surface area contributed by atoms with Gasteiger partial charge in [0.15, 0.2) is 0 Å². The van der Waals surface area contributed by atoms with E-state index < -0.39 is 0 Å². The molecule has 2 amide bonds. The Balaban J connectivity index is 1.46. The van der Waals surface area contributed by atoms with E-state index in [-0.39, 0.29) is 6.03 Å². The fourth-order valence-corrected chi connectivity index (χ4v) is 3.64. The number of hydrogen-bond donors (Lipinski definition) is 0. The number of anilines is 1. The number of benzene rings is 1. The Morgan fingerprint density at radius 2 is 1.72 bits per heavy atom. The standard InChI is InChI=1S/C18H21ClN4O2/c19-14-1-2-15-16(13-14)20-4-3-17(15)21-5-7-22(8-6-21)18(24)23-9-11-25-12-10-23/h1-4,13H,5-12H2. The van der Waals surface area contributed by atoms with Gasteiger partial charge >= 0.3 is 6.03 Å². The predicted molar refractivity (Wildman–Crippen MR) is 98.3 cm³/mol. The number of fused-ring (bicyclic) bond motifs is 1. The maximum Gasteiger partial charge on any atom is 0.320 e. The average Bonchev–Trinajstić information content (AvgIpc) is 2.67. The molecule has 3 heterocycles. The lowest BCUT2D eigenvalue weighted by Gasteiger charge is -2.39. The summed E-state index contributed by atoms with van der Waals surface area (Å²) in [5.41, 5.74) is 2.05. The molecule has 0 aliphatic carbocycles. The average molecular weight is 361 g/mol. The minimum Gasteiger partial charge on any atom is -0.378 e. The van der Waals surface area contributed by atoms with Crippen LogP contribution in [0.2, 0.25) is 5.02 Å². The van der Waals surface area contributed by atoms with Crippen LogP contribution in [0.4, 0.5) is 10.5 Å². The normalized spacial score (nSPS) is 18.7. The molecule has 0 radical (unpaired) electrons. The lowest BCUT2D eigenvalue weighted by atomic mass is 10.1. The molecule has 0 saturated carbocycles. The third-order valence-corrected chi connectivity index (χ3v) is 5.09. The lowest BCUT2D eigenvalue weighted by molar-refractivity contribution is 0.0428. The van der Waals surface area contributed by atoms with Crippen molar-refractivity contribution in [2.45, 2.75) is 0 Å². The molecule has 2 aliphatic rings. The molecular formula is C18H21ClN4O2. The van der Waals surface area contributed by atoms with E-state index in [0.29, 0.717) is 31.3 Å². The molecule has 0 bridgehead atoms. The zero-order valence-corrected chi connectivity index (χ0v) is 14.8. The minimum atomic E-state index is 0.134. The van der Waals surface area contributed by atoms with E-state index in [1.54, 1.807) is 0 Å². The van der Waals surface area contributed by atoms with Crippen molar-refractivity contribution in [3.63, 3.8) is 0 Å². The third kappa shape index (κ3) is 3.37. The van der Waals surface area contributed by atoms with E-state index in [2.05, 4.69) is 9.88 Å². The Labute approximate surface area is 151 Å². The van der Waals surface area contributed by atoms with Gasteiger partial charge in [-0.1, -0.05) is 11.6 Å². The summed E-state index contributed by atoms with van der Waals surface area (Å²) in [4.78, 5) is 23.2. The van der Waals surface area contributed by atoms with Crippen molar-refractivity contribution in [3.05, 3.63) is 35.5 Å². The molecule has 0 spiro atoms. The van der Waals surface area contributed by atoms with Crippen LogP contribution in [0, 0.1) is 0 Å². The van der Waals surface area contributed by atoms with E-state index in [1.807, 2.05) is 40.3 Å². The first-order valence-corrected chi connectivity index (χ1v) is 9.01. The van der Waals surface area contributed by atoms with E-state index >= 15 is 0 Å². The van der Waals surface area contributed by atoms with Gasteiger partial charge in [-0.25, -0.2) is 4.79 Å². The Bertz CT molecular complexity index is 771. The summed E-state index contributed by atoms with van der Waals surface area (Å²) in [5.74, 6) is 0. The summed E-state index contributed by atoms with van der Waals surface area (Å²) in [7, 11) is 0. The van der Waals surface area contributed by atoms with Gasteiger partial charge in [-0.3, -0.25) is 4.98 Å². The number of pyridine rings is 1. The number of ether oxygens (including phenoxy) is 1. The van der Waals surface area contributed by atoms with Gasteiger partial charge in [0.25, 0.3) is 0 Å². The summed E-state index contributed by atoms with van der Waals surface area (Å²) >= 11 is 6.07. The van der Waals surface area contributed by atoms with Gasteiger partial charge < -0.3 is 19.4 Å². The highest BCUT2D eigenvalue weighted by atomic mass is 35.5. The second-order valence-electron chi connectivity index (χ2n) is 6.35. The number of hydrogen-bond acceptors (Lipinski definition) is 4. The fraction of sp³-hybridized carbons (Fsp3) is 0.444. The Hall–Kier alpha value is -2.05. The number of urea groups is 1. The van der Waals surface area contributed by atoms with Gasteiger partial charge in [-0.15, -0.1) is 0 Å². The highest BCUT2D eigenvalue weighted by Crippen LogP contribution is 2.28. The molecule has 132 valence electrons. The molecule has 0 unspecified atom stereocenters. The monoisotopic (exact) mass is 360 g/mol. The number of aromatic nitrogens is 1. The van der Waals surface area contributed by atoms with Crippen LogP contribution >= 0.6 is 11.6 Å². The van der Waals surface area contributed by atoms with Crippen molar-refractivity contribution >= 4 is 34.2 Å². The molecule has 1 aromatic heterocycles. The summed E-state index contributed by atoms with van der Waals surface area (Å²) in [6.45, 7) is 5.75. The second-order valence-corrected chi connectivity index (χ2v) is 6.78. The lowest BCUT2D eigenvalue weighted by Crippen LogP contribution is -2.54. The largest absolute Gasteiger partial charge is 0.378 e. The van der Waals surface area contributed by atoms with E-state index in [1.165, 1.54) is 0 Å². The smallest absolute Gasteiger partial charge is 0.320 e. The van der Waals surface area contributed by atoms with Gasteiger partial charge in [0.05, 0.1) is 18.7 Å². The van der Waals surface area contributed by atoms with Gasteiger partial charge in [0.1, 0.15) is 0 Å². The number of morpholine rings is 1. The number of carbonyl (C=O) groups is 1. The molecule has 2 aromatic rings. The van der Waals surface area contributed by atoms with E-state index in [9.17, 15) is 4.79 Å². The number of carbonyl (C=O) groups excluding carboxylic acids is 1. The highest BCUT2D eigenvalue weighted by molar-refractivity contribution is 6.31. The van der Waals surface area contributed by atoms with Gasteiger partial charge in [0, 0.05) is 61.6 Å². The number of piperazine rings is 1. The maximum absolute atomic E-state index is 12.6. The number of amides is 2. The molecule has 25 heavy (non-hydrogen) atoms. The zero-order valence-electron chi connectivity index (χ0n) is 14.0. The Kier molecular flexibility index (Phi) is 4.63. The number of halogens is 1. The van der Waals surface area contributed by atoms with E-state index in [4.69, 9.17) is 16.3 Å². The van der Waals surface area contributed by atoms with Crippen LogP contribution in [-0.2, 0) is 4.74 Å². The molecule has 7 heteroatoms. The van der Waals surface area contributed by atoms with Crippen molar-refractivity contribution < 1.29 is 9.53 Å². The number of rotatable bonds is 1. The van der Waals surface area contributed by atoms with Crippen LogP contribution in [0.15, 0.2) is 30.5 Å². The van der Waals surface area contributed by atoms with Gasteiger partial charge in [-0.05, 0) is 24.3 Å². The Morgan fingerprint density at radius 3 is 2.48 bits per heavy atom. The fourth-order valence-electron chi connectivity index (χ4n) is 3.48. The van der Waals surface area contributed by atoms with Crippen LogP contribution in [0.1, 0.15) is 0 Å². The molecule has 0 atom stereocenters. The van der Waals surface area contributed by atoms with Crippen LogP contribution in [0.3, 0.4) is 0 Å². The van der Waals surface area contributed by atoms with Crippen molar-refractivity contribution in [1.82, 2.24) is 14.8 Å². The molecule has 2 fully saturated rings. The SMILES string of the molecule is O=C(N1CCOCC1)N1CCN(c2ccnc3cc(Cl)ccc23)CC1. The maximum atomic E-state index is 12.6. The molecule has 1 aromatic carbocycles. The first kappa shape index (κ1) is 16.4. The predicted octanol–water partition coefficient (Wildman–Crippen LogP) is 2.46. The summed E-state index contributed by atoms with van der Waals surface area (Å²) in [5, 5.41) is 1.79. The first-order chi connectivity index (χ1) is 12.2.